The average Bonchev–Trinajstić information content (AvgIpc) is 2.75. The van der Waals surface area contributed by atoms with Crippen LogP contribution in [0.25, 0.3) is 22.3 Å². The van der Waals surface area contributed by atoms with E-state index < -0.39 is 0 Å². The van der Waals surface area contributed by atoms with E-state index in [1.165, 1.54) is 12.1 Å². The molecule has 0 bridgehead atoms. The van der Waals surface area contributed by atoms with Gasteiger partial charge in [-0.3, -0.25) is 4.79 Å². The third kappa shape index (κ3) is 6.16. The second kappa shape index (κ2) is 10.7. The molecule has 0 radical (unpaired) electrons. The Balaban J connectivity index is 2.02. The molecule has 3 rings (SSSR count). The van der Waals surface area contributed by atoms with Crippen LogP contribution in [0.5, 0.6) is 0 Å². The van der Waals surface area contributed by atoms with E-state index in [1.807, 2.05) is 26.0 Å². The lowest BCUT2D eigenvalue weighted by atomic mass is 10.1. The summed E-state index contributed by atoms with van der Waals surface area (Å²) in [5.41, 5.74) is 1.42. The van der Waals surface area contributed by atoms with Gasteiger partial charge in [0.1, 0.15) is 11.6 Å². The number of carbonyl (C=O) groups excluding carboxylic acids is 1. The molecular weight excluding hydrogens is 427 g/mol. The van der Waals surface area contributed by atoms with Crippen molar-refractivity contribution in [3.8, 4) is 11.4 Å². The van der Waals surface area contributed by atoms with E-state index in [2.05, 4.69) is 29.0 Å². The van der Waals surface area contributed by atoms with Crippen molar-refractivity contribution in [1.82, 2.24) is 15.3 Å². The van der Waals surface area contributed by atoms with E-state index in [4.69, 9.17) is 16.6 Å². The fraction of sp³-hybridized carbons (Fsp3) is 0.400. The molecule has 1 N–H and O–H groups in total. The van der Waals surface area contributed by atoms with Gasteiger partial charge < -0.3 is 10.2 Å². The highest BCUT2D eigenvalue weighted by atomic mass is 35.5. The van der Waals surface area contributed by atoms with Crippen LogP contribution in [0.3, 0.4) is 0 Å². The normalized spacial score (nSPS) is 12.2. The van der Waals surface area contributed by atoms with Crippen molar-refractivity contribution >= 4 is 34.2 Å². The molecule has 0 fully saturated rings. The number of anilines is 1. The maximum atomic E-state index is 13.4. The zero-order valence-corrected chi connectivity index (χ0v) is 19.8. The summed E-state index contributed by atoms with van der Waals surface area (Å²) >= 11 is 6.24. The molecule has 5 nitrogen and oxygen atoms in total. The highest BCUT2D eigenvalue weighted by molar-refractivity contribution is 6.31. The lowest BCUT2D eigenvalue weighted by Gasteiger charge is -2.27. The van der Waals surface area contributed by atoms with Crippen LogP contribution in [0.1, 0.15) is 40.5 Å². The van der Waals surface area contributed by atoms with Crippen LogP contribution in [0, 0.1) is 11.7 Å². The van der Waals surface area contributed by atoms with Gasteiger partial charge in [0.05, 0.1) is 5.52 Å². The number of nitrogens with zero attached hydrogens (tertiary/aromatic N) is 3. The molecule has 170 valence electrons. The monoisotopic (exact) mass is 456 g/mol. The Morgan fingerprint density at radius 2 is 1.84 bits per heavy atom. The van der Waals surface area contributed by atoms with Crippen molar-refractivity contribution in [2.45, 2.75) is 46.6 Å². The fourth-order valence-corrected chi connectivity index (χ4v) is 3.63. The number of amides is 1. The van der Waals surface area contributed by atoms with E-state index in [0.29, 0.717) is 40.8 Å². The second-order valence-electron chi connectivity index (χ2n) is 8.51. The molecule has 0 saturated carbocycles. The van der Waals surface area contributed by atoms with E-state index in [-0.39, 0.29) is 17.8 Å². The van der Waals surface area contributed by atoms with E-state index in [9.17, 15) is 9.18 Å². The summed E-state index contributed by atoms with van der Waals surface area (Å²) in [6.07, 6.45) is 1.25. The molecule has 3 aromatic rings. The molecule has 0 aliphatic heterocycles. The maximum absolute atomic E-state index is 13.4. The van der Waals surface area contributed by atoms with Crippen molar-refractivity contribution in [3.05, 3.63) is 53.3 Å². The first-order valence-electron chi connectivity index (χ1n) is 11.0. The number of halogens is 2. The quantitative estimate of drug-likeness (QED) is 0.438. The molecule has 1 heterocycles. The molecule has 7 heteroatoms. The topological polar surface area (TPSA) is 58.1 Å². The smallest absolute Gasteiger partial charge is 0.221 e. The number of benzene rings is 2. The predicted molar refractivity (Wildman–Crippen MR) is 130 cm³/mol. The fourth-order valence-electron chi connectivity index (χ4n) is 3.47. The molecule has 1 aromatic heterocycles. The first-order valence-corrected chi connectivity index (χ1v) is 11.4. The minimum absolute atomic E-state index is 0.0215. The largest absolute Gasteiger partial charge is 0.355 e. The number of aromatic nitrogens is 2. The lowest BCUT2D eigenvalue weighted by molar-refractivity contribution is -0.121. The number of hydrogen-bond donors (Lipinski definition) is 1. The summed E-state index contributed by atoms with van der Waals surface area (Å²) in [6, 6.07) is 11.8. The zero-order chi connectivity index (χ0) is 23.3. The second-order valence-corrected chi connectivity index (χ2v) is 8.94. The van der Waals surface area contributed by atoms with Gasteiger partial charge in [-0.2, -0.15) is 0 Å². The van der Waals surface area contributed by atoms with Gasteiger partial charge >= 0.3 is 0 Å². The Labute approximate surface area is 194 Å². The van der Waals surface area contributed by atoms with Crippen LogP contribution < -0.4 is 10.2 Å². The van der Waals surface area contributed by atoms with Gasteiger partial charge in [0.25, 0.3) is 0 Å². The number of carbonyl (C=O) groups is 1. The van der Waals surface area contributed by atoms with Gasteiger partial charge in [0.2, 0.25) is 5.91 Å². The molecule has 1 amide bonds. The first kappa shape index (κ1) is 23.9. The first-order chi connectivity index (χ1) is 15.3. The average molecular weight is 457 g/mol. The molecule has 0 spiro atoms. The Morgan fingerprint density at radius 1 is 1.12 bits per heavy atom. The van der Waals surface area contributed by atoms with Gasteiger partial charge in [-0.1, -0.05) is 32.4 Å². The Kier molecular flexibility index (Phi) is 8.02. The highest BCUT2D eigenvalue weighted by Crippen LogP contribution is 2.30. The van der Waals surface area contributed by atoms with Crippen molar-refractivity contribution in [1.29, 1.82) is 0 Å². The minimum Gasteiger partial charge on any atom is -0.355 e. The SMILES string of the molecule is CC[C@@H](C)NC(=O)CCN(CC(C)C)c1nc(-c2ccc(F)cc2)nc2cc(Cl)ccc12. The lowest BCUT2D eigenvalue weighted by Crippen LogP contribution is -2.36. The van der Waals surface area contributed by atoms with Gasteiger partial charge in [0, 0.05) is 41.5 Å². The molecule has 0 saturated heterocycles. The van der Waals surface area contributed by atoms with Crippen LogP contribution in [-0.2, 0) is 4.79 Å². The van der Waals surface area contributed by atoms with Crippen LogP contribution >= 0.6 is 11.6 Å². The summed E-state index contributed by atoms with van der Waals surface area (Å²) in [5.74, 6) is 1.31. The highest BCUT2D eigenvalue weighted by Gasteiger charge is 2.18. The predicted octanol–water partition coefficient (Wildman–Crippen LogP) is 5.86. The third-order valence-electron chi connectivity index (χ3n) is 5.25. The van der Waals surface area contributed by atoms with E-state index in [0.717, 1.165) is 24.2 Å². The van der Waals surface area contributed by atoms with Gasteiger partial charge in [-0.15, -0.1) is 0 Å². The molecule has 2 aromatic carbocycles. The number of nitrogens with one attached hydrogen (secondary N) is 1. The summed E-state index contributed by atoms with van der Waals surface area (Å²) in [4.78, 5) is 24.1. The summed E-state index contributed by atoms with van der Waals surface area (Å²) in [7, 11) is 0. The van der Waals surface area contributed by atoms with Crippen molar-refractivity contribution < 1.29 is 9.18 Å². The van der Waals surface area contributed by atoms with Crippen LogP contribution in [0.2, 0.25) is 5.02 Å². The van der Waals surface area contributed by atoms with E-state index >= 15 is 0 Å². The molecule has 0 aliphatic rings. The summed E-state index contributed by atoms with van der Waals surface area (Å²) < 4.78 is 13.4. The van der Waals surface area contributed by atoms with Crippen molar-refractivity contribution in [2.75, 3.05) is 18.0 Å². The van der Waals surface area contributed by atoms with Crippen LogP contribution in [0.15, 0.2) is 42.5 Å². The van der Waals surface area contributed by atoms with Crippen LogP contribution in [-0.4, -0.2) is 35.0 Å². The zero-order valence-electron chi connectivity index (χ0n) is 19.0. The van der Waals surface area contributed by atoms with Crippen molar-refractivity contribution in [2.24, 2.45) is 5.92 Å². The Hall–Kier alpha value is -2.73. The summed E-state index contributed by atoms with van der Waals surface area (Å²) in [5, 5.41) is 4.47. The maximum Gasteiger partial charge on any atom is 0.221 e. The molecule has 0 aliphatic carbocycles. The Morgan fingerprint density at radius 3 is 2.50 bits per heavy atom. The number of hydrogen-bond acceptors (Lipinski definition) is 4. The third-order valence-corrected chi connectivity index (χ3v) is 5.49. The van der Waals surface area contributed by atoms with E-state index in [1.54, 1.807) is 18.2 Å². The molecule has 1 atom stereocenters. The van der Waals surface area contributed by atoms with Crippen LogP contribution in [0.4, 0.5) is 10.2 Å². The molecule has 32 heavy (non-hydrogen) atoms. The van der Waals surface area contributed by atoms with Gasteiger partial charge in [-0.25, -0.2) is 14.4 Å². The minimum atomic E-state index is -0.313. The Bertz CT molecular complexity index is 1070. The number of rotatable bonds is 9. The number of fused-ring (bicyclic) bond motifs is 1. The molecular formula is C25H30ClFN4O. The molecule has 0 unspecified atom stereocenters. The van der Waals surface area contributed by atoms with Gasteiger partial charge in [0.15, 0.2) is 5.82 Å². The van der Waals surface area contributed by atoms with Gasteiger partial charge in [-0.05, 0) is 61.7 Å². The summed E-state index contributed by atoms with van der Waals surface area (Å²) in [6.45, 7) is 9.57. The standard InChI is InChI=1S/C25H30ClFN4O/c1-5-17(4)28-23(32)12-13-31(15-16(2)3)25-21-11-8-19(26)14-22(21)29-24(30-25)18-6-9-20(27)10-7-18/h6-11,14,16-17H,5,12-13,15H2,1-4H3,(H,28,32)/t17-/m1/s1. The van der Waals surface area contributed by atoms with Crippen molar-refractivity contribution in [3.63, 3.8) is 0 Å².